The van der Waals surface area contributed by atoms with Crippen LogP contribution >= 0.6 is 0 Å². The Balaban J connectivity index is 2.32. The van der Waals surface area contributed by atoms with Crippen molar-refractivity contribution in [3.05, 3.63) is 0 Å². The Morgan fingerprint density at radius 1 is 1.47 bits per heavy atom. The molecule has 0 saturated carbocycles. The van der Waals surface area contributed by atoms with Crippen LogP contribution in [-0.2, 0) is 9.84 Å². The fourth-order valence-corrected chi connectivity index (χ4v) is 3.85. The van der Waals surface area contributed by atoms with Crippen LogP contribution in [0.2, 0.25) is 0 Å². The minimum Gasteiger partial charge on any atom is -0.390 e. The topological polar surface area (TPSA) is 69.6 Å². The lowest BCUT2D eigenvalue weighted by Crippen LogP contribution is -2.43. The Hall–Kier alpha value is -0.170. The summed E-state index contributed by atoms with van der Waals surface area (Å²) in [6, 6.07) is 0.413. The molecule has 2 N–H and O–H groups in total. The minimum atomic E-state index is -2.84. The maximum Gasteiger partial charge on any atom is 0.151 e. The summed E-state index contributed by atoms with van der Waals surface area (Å²) in [7, 11) is -0.962. The number of rotatable bonds is 6. The van der Waals surface area contributed by atoms with Gasteiger partial charge in [-0.3, -0.25) is 4.90 Å². The second-order valence-electron chi connectivity index (χ2n) is 5.21. The number of hydrogen-bond acceptors (Lipinski definition) is 5. The molecule has 17 heavy (non-hydrogen) atoms. The van der Waals surface area contributed by atoms with Crippen LogP contribution in [0.15, 0.2) is 0 Å². The third-order valence-corrected chi connectivity index (χ3v) is 4.84. The molecule has 6 heteroatoms. The van der Waals surface area contributed by atoms with Gasteiger partial charge in [0.05, 0.1) is 17.6 Å². The number of nitrogens with one attached hydrogen (secondary N) is 1. The van der Waals surface area contributed by atoms with Crippen molar-refractivity contribution in [2.45, 2.75) is 38.5 Å². The standard InChI is InChI=1S/C11H24N2O3S/c1-9(2)12-6-11(14)7-13(3)10-4-5-17(15,16)8-10/h9-12,14H,4-8H2,1-3H3. The highest BCUT2D eigenvalue weighted by atomic mass is 32.2. The van der Waals surface area contributed by atoms with Crippen molar-refractivity contribution in [3.8, 4) is 0 Å². The average molecular weight is 264 g/mol. The molecule has 0 amide bonds. The summed E-state index contributed by atoms with van der Waals surface area (Å²) in [5.41, 5.74) is 0. The predicted molar refractivity (Wildman–Crippen MR) is 68.8 cm³/mol. The van der Waals surface area contributed by atoms with Gasteiger partial charge < -0.3 is 10.4 Å². The molecular weight excluding hydrogens is 240 g/mol. The summed E-state index contributed by atoms with van der Waals surface area (Å²) in [6.07, 6.45) is 0.231. The Kier molecular flexibility index (Phi) is 5.37. The van der Waals surface area contributed by atoms with Crippen molar-refractivity contribution in [2.75, 3.05) is 31.6 Å². The van der Waals surface area contributed by atoms with Gasteiger partial charge in [-0.25, -0.2) is 8.42 Å². The van der Waals surface area contributed by atoms with Crippen LogP contribution in [0, 0.1) is 0 Å². The summed E-state index contributed by atoms with van der Waals surface area (Å²) in [4.78, 5) is 1.96. The molecule has 2 unspecified atom stereocenters. The maximum atomic E-state index is 11.3. The van der Waals surface area contributed by atoms with Crippen LogP contribution in [0.1, 0.15) is 20.3 Å². The van der Waals surface area contributed by atoms with Gasteiger partial charge in [0.1, 0.15) is 0 Å². The molecule has 5 nitrogen and oxygen atoms in total. The summed E-state index contributed by atoms with van der Waals surface area (Å²) >= 11 is 0. The number of nitrogens with zero attached hydrogens (tertiary/aromatic N) is 1. The highest BCUT2D eigenvalue weighted by Crippen LogP contribution is 2.16. The molecule has 0 aromatic heterocycles. The van der Waals surface area contributed by atoms with E-state index in [9.17, 15) is 13.5 Å². The van der Waals surface area contributed by atoms with E-state index in [-0.39, 0.29) is 17.5 Å². The quantitative estimate of drug-likeness (QED) is 0.674. The molecule has 1 saturated heterocycles. The number of sulfone groups is 1. The van der Waals surface area contributed by atoms with E-state index in [4.69, 9.17) is 0 Å². The van der Waals surface area contributed by atoms with Crippen molar-refractivity contribution in [1.82, 2.24) is 10.2 Å². The largest absolute Gasteiger partial charge is 0.390 e. The van der Waals surface area contributed by atoms with E-state index in [1.165, 1.54) is 0 Å². The molecule has 2 atom stereocenters. The minimum absolute atomic E-state index is 0.0636. The van der Waals surface area contributed by atoms with Crippen LogP contribution in [-0.4, -0.2) is 68.3 Å². The predicted octanol–water partition coefficient (Wildman–Crippen LogP) is -0.536. The highest BCUT2D eigenvalue weighted by Gasteiger charge is 2.31. The molecule has 0 aromatic rings. The monoisotopic (exact) mass is 264 g/mol. The molecule has 1 aliphatic rings. The molecule has 0 spiro atoms. The maximum absolute atomic E-state index is 11.3. The summed E-state index contributed by atoms with van der Waals surface area (Å²) < 4.78 is 22.7. The SMILES string of the molecule is CC(C)NCC(O)CN(C)C1CCS(=O)(=O)C1. The lowest BCUT2D eigenvalue weighted by Gasteiger charge is -2.26. The van der Waals surface area contributed by atoms with Crippen molar-refractivity contribution in [1.29, 1.82) is 0 Å². The summed E-state index contributed by atoms with van der Waals surface area (Å²) in [6.45, 7) is 5.11. The molecule has 0 aromatic carbocycles. The first kappa shape index (κ1) is 14.9. The van der Waals surface area contributed by atoms with Gasteiger partial charge in [-0.2, -0.15) is 0 Å². The van der Waals surface area contributed by atoms with Crippen LogP contribution in [0.5, 0.6) is 0 Å². The molecular formula is C11H24N2O3S. The summed E-state index contributed by atoms with van der Waals surface area (Å²) in [5.74, 6) is 0.510. The second kappa shape index (κ2) is 6.13. The van der Waals surface area contributed by atoms with Crippen molar-refractivity contribution >= 4 is 9.84 Å². The number of aliphatic hydroxyl groups is 1. The smallest absolute Gasteiger partial charge is 0.151 e. The zero-order valence-electron chi connectivity index (χ0n) is 10.9. The van der Waals surface area contributed by atoms with Gasteiger partial charge in [0, 0.05) is 25.2 Å². The van der Waals surface area contributed by atoms with Gasteiger partial charge >= 0.3 is 0 Å². The van der Waals surface area contributed by atoms with E-state index in [1.54, 1.807) is 0 Å². The first-order valence-electron chi connectivity index (χ1n) is 6.12. The highest BCUT2D eigenvalue weighted by molar-refractivity contribution is 7.91. The van der Waals surface area contributed by atoms with Gasteiger partial charge in [0.2, 0.25) is 0 Å². The van der Waals surface area contributed by atoms with Gasteiger partial charge in [-0.05, 0) is 13.5 Å². The Morgan fingerprint density at radius 3 is 2.59 bits per heavy atom. The third kappa shape index (κ3) is 5.33. The molecule has 1 fully saturated rings. The zero-order chi connectivity index (χ0) is 13.1. The lowest BCUT2D eigenvalue weighted by molar-refractivity contribution is 0.106. The van der Waals surface area contributed by atoms with Gasteiger partial charge in [-0.15, -0.1) is 0 Å². The van der Waals surface area contributed by atoms with Gasteiger partial charge in [0.15, 0.2) is 9.84 Å². The van der Waals surface area contributed by atoms with E-state index in [0.717, 1.165) is 0 Å². The van der Waals surface area contributed by atoms with Crippen LogP contribution < -0.4 is 5.32 Å². The van der Waals surface area contributed by atoms with Gasteiger partial charge in [0.25, 0.3) is 0 Å². The molecule has 1 aliphatic heterocycles. The fraction of sp³-hybridized carbons (Fsp3) is 1.00. The van der Waals surface area contributed by atoms with Crippen LogP contribution in [0.25, 0.3) is 0 Å². The Morgan fingerprint density at radius 2 is 2.12 bits per heavy atom. The Labute approximate surface area is 104 Å². The normalized spacial score (nSPS) is 25.6. The fourth-order valence-electron chi connectivity index (χ4n) is 2.04. The zero-order valence-corrected chi connectivity index (χ0v) is 11.7. The number of hydrogen-bond donors (Lipinski definition) is 2. The van der Waals surface area contributed by atoms with Crippen molar-refractivity contribution in [3.63, 3.8) is 0 Å². The first-order valence-corrected chi connectivity index (χ1v) is 7.94. The molecule has 0 bridgehead atoms. The van der Waals surface area contributed by atoms with Crippen LogP contribution in [0.3, 0.4) is 0 Å². The molecule has 0 radical (unpaired) electrons. The molecule has 1 heterocycles. The molecule has 1 rings (SSSR count). The van der Waals surface area contributed by atoms with E-state index in [0.29, 0.717) is 25.6 Å². The lowest BCUT2D eigenvalue weighted by atomic mass is 10.2. The van der Waals surface area contributed by atoms with E-state index in [1.807, 2.05) is 25.8 Å². The third-order valence-electron chi connectivity index (χ3n) is 3.09. The molecule has 102 valence electrons. The number of aliphatic hydroxyl groups excluding tert-OH is 1. The van der Waals surface area contributed by atoms with E-state index < -0.39 is 15.9 Å². The summed E-state index contributed by atoms with van der Waals surface area (Å²) in [5, 5.41) is 13.0. The van der Waals surface area contributed by atoms with Crippen LogP contribution in [0.4, 0.5) is 0 Å². The van der Waals surface area contributed by atoms with E-state index in [2.05, 4.69) is 5.32 Å². The van der Waals surface area contributed by atoms with Gasteiger partial charge in [-0.1, -0.05) is 13.8 Å². The number of likely N-dealkylation sites (N-methyl/N-ethyl adjacent to an activating group) is 1. The second-order valence-corrected chi connectivity index (χ2v) is 7.44. The van der Waals surface area contributed by atoms with Crippen molar-refractivity contribution in [2.24, 2.45) is 0 Å². The van der Waals surface area contributed by atoms with Crippen molar-refractivity contribution < 1.29 is 13.5 Å². The average Bonchev–Trinajstić information content (AvgIpc) is 2.56. The Bertz CT molecular complexity index is 330. The first-order chi connectivity index (χ1) is 7.80. The molecule has 0 aliphatic carbocycles. The van der Waals surface area contributed by atoms with E-state index >= 15 is 0 Å².